The van der Waals surface area contributed by atoms with E-state index in [0.717, 1.165) is 22.6 Å². The van der Waals surface area contributed by atoms with Crippen molar-refractivity contribution in [1.29, 1.82) is 0 Å². The van der Waals surface area contributed by atoms with Gasteiger partial charge in [-0.1, -0.05) is 12.1 Å². The molecule has 1 aromatic carbocycles. The Morgan fingerprint density at radius 2 is 2.16 bits per heavy atom. The second-order valence-corrected chi connectivity index (χ2v) is 6.10. The van der Waals surface area contributed by atoms with Crippen LogP contribution in [0, 0.1) is 5.92 Å². The summed E-state index contributed by atoms with van der Waals surface area (Å²) in [5.41, 5.74) is 2.53. The Balaban J connectivity index is 1.68. The van der Waals surface area contributed by atoms with E-state index in [1.54, 1.807) is 0 Å². The molecule has 0 saturated carbocycles. The van der Waals surface area contributed by atoms with Crippen molar-refractivity contribution < 1.29 is 0 Å². The van der Waals surface area contributed by atoms with Gasteiger partial charge in [0.15, 0.2) is 0 Å². The van der Waals surface area contributed by atoms with E-state index >= 15 is 0 Å². The summed E-state index contributed by atoms with van der Waals surface area (Å²) in [5.74, 6) is 0.790. The van der Waals surface area contributed by atoms with Crippen LogP contribution in [0.5, 0.6) is 0 Å². The Morgan fingerprint density at radius 1 is 1.32 bits per heavy atom. The summed E-state index contributed by atoms with van der Waals surface area (Å²) < 4.78 is 2.89. The summed E-state index contributed by atoms with van der Waals surface area (Å²) in [7, 11) is 0. The molecule has 1 N–H and O–H groups in total. The molecule has 1 unspecified atom stereocenters. The average Bonchev–Trinajstić information content (AvgIpc) is 2.87. The van der Waals surface area contributed by atoms with Crippen molar-refractivity contribution in [2.75, 3.05) is 13.1 Å². The molecular formula is C15H18BrN3. The third-order valence-corrected chi connectivity index (χ3v) is 4.08. The number of nitrogens with one attached hydrogen (secondary N) is 1. The summed E-state index contributed by atoms with van der Waals surface area (Å²) in [6.07, 6.45) is 7.61. The van der Waals surface area contributed by atoms with Gasteiger partial charge in [-0.2, -0.15) is 5.10 Å². The summed E-state index contributed by atoms with van der Waals surface area (Å²) in [6.45, 7) is 2.34. The van der Waals surface area contributed by atoms with Crippen LogP contribution in [0.1, 0.15) is 18.4 Å². The summed E-state index contributed by atoms with van der Waals surface area (Å²) in [6, 6.07) is 8.73. The van der Waals surface area contributed by atoms with Gasteiger partial charge in [0, 0.05) is 6.20 Å². The van der Waals surface area contributed by atoms with Crippen molar-refractivity contribution in [2.24, 2.45) is 5.92 Å². The van der Waals surface area contributed by atoms with Gasteiger partial charge < -0.3 is 5.32 Å². The normalized spacial score (nSPS) is 19.5. The number of nitrogens with zero attached hydrogens (tertiary/aromatic N) is 2. The first-order valence-corrected chi connectivity index (χ1v) is 7.61. The van der Waals surface area contributed by atoms with E-state index in [4.69, 9.17) is 0 Å². The van der Waals surface area contributed by atoms with Gasteiger partial charge in [0.05, 0.1) is 16.4 Å². The van der Waals surface area contributed by atoms with Crippen LogP contribution in [0.25, 0.3) is 5.69 Å². The number of hydrogen-bond donors (Lipinski definition) is 1. The van der Waals surface area contributed by atoms with Crippen LogP contribution in [-0.4, -0.2) is 22.9 Å². The van der Waals surface area contributed by atoms with Gasteiger partial charge >= 0.3 is 0 Å². The fourth-order valence-electron chi connectivity index (χ4n) is 2.66. The number of piperidine rings is 1. The van der Waals surface area contributed by atoms with E-state index in [1.807, 2.05) is 17.1 Å². The highest BCUT2D eigenvalue weighted by atomic mass is 79.9. The van der Waals surface area contributed by atoms with E-state index in [0.29, 0.717) is 0 Å². The quantitative estimate of drug-likeness (QED) is 0.941. The molecule has 1 atom stereocenters. The Bertz CT molecular complexity index is 527. The van der Waals surface area contributed by atoms with Gasteiger partial charge in [-0.15, -0.1) is 0 Å². The third kappa shape index (κ3) is 3.25. The summed E-state index contributed by atoms with van der Waals surface area (Å²) in [5, 5.41) is 7.77. The molecule has 1 aromatic heterocycles. The predicted octanol–water partition coefficient (Wildman–Crippen LogP) is 3.18. The molecule has 3 rings (SSSR count). The highest BCUT2D eigenvalue weighted by Gasteiger charge is 2.13. The zero-order chi connectivity index (χ0) is 13.1. The molecule has 0 radical (unpaired) electrons. The van der Waals surface area contributed by atoms with Gasteiger partial charge in [-0.05, 0) is 71.9 Å². The second kappa shape index (κ2) is 5.88. The monoisotopic (exact) mass is 319 g/mol. The lowest BCUT2D eigenvalue weighted by Crippen LogP contribution is -2.30. The molecule has 2 heterocycles. The van der Waals surface area contributed by atoms with Gasteiger partial charge in [0.1, 0.15) is 0 Å². The van der Waals surface area contributed by atoms with Crippen LogP contribution in [0.3, 0.4) is 0 Å². The van der Waals surface area contributed by atoms with Crippen molar-refractivity contribution in [3.8, 4) is 5.69 Å². The molecule has 1 aliphatic heterocycles. The first-order chi connectivity index (χ1) is 9.31. The third-order valence-electron chi connectivity index (χ3n) is 3.68. The van der Waals surface area contributed by atoms with Crippen LogP contribution in [-0.2, 0) is 6.42 Å². The molecule has 0 bridgehead atoms. The molecule has 0 amide bonds. The molecule has 2 aromatic rings. The fourth-order valence-corrected chi connectivity index (χ4v) is 2.94. The second-order valence-electron chi connectivity index (χ2n) is 5.19. The molecular weight excluding hydrogens is 302 g/mol. The average molecular weight is 320 g/mol. The van der Waals surface area contributed by atoms with Gasteiger partial charge in [0.25, 0.3) is 0 Å². The number of aromatic nitrogens is 2. The number of halogens is 1. The Morgan fingerprint density at radius 3 is 2.79 bits per heavy atom. The van der Waals surface area contributed by atoms with Gasteiger partial charge in [0.2, 0.25) is 0 Å². The lowest BCUT2D eigenvalue weighted by atomic mass is 9.92. The highest BCUT2D eigenvalue weighted by Crippen LogP contribution is 2.18. The van der Waals surface area contributed by atoms with E-state index < -0.39 is 0 Å². The largest absolute Gasteiger partial charge is 0.316 e. The van der Waals surface area contributed by atoms with Crippen molar-refractivity contribution >= 4 is 15.9 Å². The maximum atomic E-state index is 4.29. The van der Waals surface area contributed by atoms with E-state index in [1.165, 1.54) is 31.4 Å². The SMILES string of the molecule is Brc1cnn(-c2ccc(CC3CCCNC3)cc2)c1. The smallest absolute Gasteiger partial charge is 0.0646 e. The van der Waals surface area contributed by atoms with E-state index in [-0.39, 0.29) is 0 Å². The van der Waals surface area contributed by atoms with Crippen LogP contribution in [0.4, 0.5) is 0 Å². The molecule has 0 aliphatic carbocycles. The molecule has 0 spiro atoms. The van der Waals surface area contributed by atoms with Gasteiger partial charge in [-0.3, -0.25) is 0 Å². The van der Waals surface area contributed by atoms with E-state index in [9.17, 15) is 0 Å². The summed E-state index contributed by atoms with van der Waals surface area (Å²) in [4.78, 5) is 0. The van der Waals surface area contributed by atoms with Gasteiger partial charge in [-0.25, -0.2) is 4.68 Å². The minimum Gasteiger partial charge on any atom is -0.316 e. The topological polar surface area (TPSA) is 29.9 Å². The zero-order valence-electron chi connectivity index (χ0n) is 10.8. The fraction of sp³-hybridized carbons (Fsp3) is 0.400. The van der Waals surface area contributed by atoms with Crippen LogP contribution in [0.2, 0.25) is 0 Å². The lowest BCUT2D eigenvalue weighted by molar-refractivity contribution is 0.376. The maximum Gasteiger partial charge on any atom is 0.0646 e. The van der Waals surface area contributed by atoms with E-state index in [2.05, 4.69) is 50.6 Å². The lowest BCUT2D eigenvalue weighted by Gasteiger charge is -2.22. The minimum atomic E-state index is 0.790. The minimum absolute atomic E-state index is 0.790. The van der Waals surface area contributed by atoms with Crippen molar-refractivity contribution in [3.05, 3.63) is 46.7 Å². The van der Waals surface area contributed by atoms with Crippen molar-refractivity contribution in [3.63, 3.8) is 0 Å². The molecule has 1 aliphatic rings. The maximum absolute atomic E-state index is 4.29. The number of rotatable bonds is 3. The Hall–Kier alpha value is -1.13. The molecule has 19 heavy (non-hydrogen) atoms. The van der Waals surface area contributed by atoms with Crippen LogP contribution in [0.15, 0.2) is 41.1 Å². The molecule has 3 nitrogen and oxygen atoms in total. The zero-order valence-corrected chi connectivity index (χ0v) is 12.4. The Kier molecular flexibility index (Phi) is 3.99. The summed E-state index contributed by atoms with van der Waals surface area (Å²) >= 11 is 3.42. The predicted molar refractivity (Wildman–Crippen MR) is 80.6 cm³/mol. The van der Waals surface area contributed by atoms with Crippen LogP contribution >= 0.6 is 15.9 Å². The Labute approximate surface area is 122 Å². The molecule has 100 valence electrons. The first kappa shape index (κ1) is 12.9. The molecule has 1 fully saturated rings. The highest BCUT2D eigenvalue weighted by molar-refractivity contribution is 9.10. The number of benzene rings is 1. The molecule has 1 saturated heterocycles. The first-order valence-electron chi connectivity index (χ1n) is 6.81. The van der Waals surface area contributed by atoms with Crippen molar-refractivity contribution in [2.45, 2.75) is 19.3 Å². The van der Waals surface area contributed by atoms with Crippen LogP contribution < -0.4 is 5.32 Å². The molecule has 4 heteroatoms. The number of hydrogen-bond acceptors (Lipinski definition) is 2. The standard InChI is InChI=1S/C15H18BrN3/c16-14-10-18-19(11-14)15-5-3-12(4-6-15)8-13-2-1-7-17-9-13/h3-6,10-11,13,17H,1-2,7-9H2. The van der Waals surface area contributed by atoms with Crippen molar-refractivity contribution in [1.82, 2.24) is 15.1 Å².